The van der Waals surface area contributed by atoms with Crippen molar-refractivity contribution in [3.8, 4) is 44.5 Å². The van der Waals surface area contributed by atoms with Gasteiger partial charge in [-0.3, -0.25) is 0 Å². The molecule has 1 aliphatic carbocycles. The van der Waals surface area contributed by atoms with Gasteiger partial charge in [-0.1, -0.05) is 159 Å². The molecular formula is C51H37NO. The number of hydrogen-bond donors (Lipinski definition) is 0. The molecule has 8 aromatic carbocycles. The van der Waals surface area contributed by atoms with Crippen molar-refractivity contribution in [2.75, 3.05) is 4.90 Å². The summed E-state index contributed by atoms with van der Waals surface area (Å²) in [6.45, 7) is 4.74. The third-order valence-corrected chi connectivity index (χ3v) is 11.1. The number of hydrogen-bond acceptors (Lipinski definition) is 2. The summed E-state index contributed by atoms with van der Waals surface area (Å²) in [5, 5.41) is 2.18. The Morgan fingerprint density at radius 1 is 0.415 bits per heavy atom. The van der Waals surface area contributed by atoms with E-state index in [4.69, 9.17) is 4.42 Å². The zero-order valence-electron chi connectivity index (χ0n) is 29.8. The largest absolute Gasteiger partial charge is 0.456 e. The highest BCUT2D eigenvalue weighted by molar-refractivity contribution is 6.14. The van der Waals surface area contributed by atoms with Crippen LogP contribution in [0.4, 0.5) is 17.1 Å². The number of nitrogens with zero attached hydrogens (tertiary/aromatic N) is 1. The highest BCUT2D eigenvalue weighted by Crippen LogP contribution is 2.55. The fraction of sp³-hybridized carbons (Fsp3) is 0.0588. The molecule has 0 radical (unpaired) electrons. The van der Waals surface area contributed by atoms with Crippen molar-refractivity contribution in [1.29, 1.82) is 0 Å². The summed E-state index contributed by atoms with van der Waals surface area (Å²) in [5.41, 5.74) is 17.2. The van der Waals surface area contributed by atoms with E-state index in [0.717, 1.165) is 50.1 Å². The Hall–Kier alpha value is -6.64. The first-order valence-corrected chi connectivity index (χ1v) is 18.4. The van der Waals surface area contributed by atoms with Crippen LogP contribution < -0.4 is 4.90 Å². The van der Waals surface area contributed by atoms with Crippen LogP contribution in [0.1, 0.15) is 25.0 Å². The highest BCUT2D eigenvalue weighted by Gasteiger charge is 2.38. The first kappa shape index (κ1) is 31.1. The van der Waals surface area contributed by atoms with Gasteiger partial charge < -0.3 is 9.32 Å². The van der Waals surface area contributed by atoms with E-state index < -0.39 is 0 Å². The Bertz CT molecular complexity index is 2800. The molecule has 0 aliphatic heterocycles. The van der Waals surface area contributed by atoms with Crippen LogP contribution in [0.25, 0.3) is 66.4 Å². The van der Waals surface area contributed by atoms with Crippen LogP contribution >= 0.6 is 0 Å². The summed E-state index contributed by atoms with van der Waals surface area (Å²) in [6.07, 6.45) is 0. The molecule has 0 fully saturated rings. The molecule has 0 amide bonds. The molecule has 0 bridgehead atoms. The molecule has 2 nitrogen and oxygen atoms in total. The number of para-hydroxylation sites is 1. The molecule has 1 aliphatic rings. The quantitative estimate of drug-likeness (QED) is 0.174. The van der Waals surface area contributed by atoms with E-state index in [0.29, 0.717) is 0 Å². The molecule has 252 valence electrons. The van der Waals surface area contributed by atoms with Crippen LogP contribution in [0.5, 0.6) is 0 Å². The second-order valence-corrected chi connectivity index (χ2v) is 14.5. The van der Waals surface area contributed by atoms with Gasteiger partial charge >= 0.3 is 0 Å². The average molecular weight is 680 g/mol. The van der Waals surface area contributed by atoms with Crippen molar-refractivity contribution in [3.05, 3.63) is 199 Å². The normalized spacial score (nSPS) is 12.9. The molecule has 0 N–H and O–H groups in total. The molecule has 9 aromatic rings. The topological polar surface area (TPSA) is 16.4 Å². The van der Waals surface area contributed by atoms with Gasteiger partial charge in [0.1, 0.15) is 11.2 Å². The summed E-state index contributed by atoms with van der Waals surface area (Å²) >= 11 is 0. The molecule has 2 heteroatoms. The predicted molar refractivity (Wildman–Crippen MR) is 222 cm³/mol. The van der Waals surface area contributed by atoms with Crippen LogP contribution in [-0.2, 0) is 5.41 Å². The predicted octanol–water partition coefficient (Wildman–Crippen LogP) is 14.4. The van der Waals surface area contributed by atoms with Crippen LogP contribution in [0.3, 0.4) is 0 Å². The average Bonchev–Trinajstić information content (AvgIpc) is 3.71. The van der Waals surface area contributed by atoms with E-state index in [1.54, 1.807) is 0 Å². The van der Waals surface area contributed by atoms with Crippen molar-refractivity contribution in [3.63, 3.8) is 0 Å². The molecule has 1 aromatic heterocycles. The lowest BCUT2D eigenvalue weighted by Crippen LogP contribution is -2.17. The molecule has 53 heavy (non-hydrogen) atoms. The Morgan fingerprint density at radius 2 is 1.02 bits per heavy atom. The van der Waals surface area contributed by atoms with Crippen LogP contribution in [0.2, 0.25) is 0 Å². The van der Waals surface area contributed by atoms with E-state index in [2.05, 4.69) is 207 Å². The molecule has 0 saturated heterocycles. The van der Waals surface area contributed by atoms with Crippen LogP contribution in [0.15, 0.2) is 192 Å². The third kappa shape index (κ3) is 5.02. The van der Waals surface area contributed by atoms with Gasteiger partial charge in [0.2, 0.25) is 0 Å². The van der Waals surface area contributed by atoms with Gasteiger partial charge in [0.25, 0.3) is 0 Å². The number of rotatable bonds is 6. The summed E-state index contributed by atoms with van der Waals surface area (Å²) in [6, 6.07) is 67.8. The van der Waals surface area contributed by atoms with E-state index in [9.17, 15) is 0 Å². The fourth-order valence-corrected chi connectivity index (χ4v) is 8.52. The summed E-state index contributed by atoms with van der Waals surface area (Å²) < 4.78 is 6.71. The molecule has 10 rings (SSSR count). The Balaban J connectivity index is 1.29. The number of furan rings is 1. The summed E-state index contributed by atoms with van der Waals surface area (Å²) in [4.78, 5) is 2.47. The zero-order valence-corrected chi connectivity index (χ0v) is 29.8. The van der Waals surface area contributed by atoms with Gasteiger partial charge in [-0.15, -0.1) is 0 Å². The highest BCUT2D eigenvalue weighted by atomic mass is 16.3. The van der Waals surface area contributed by atoms with E-state index in [-0.39, 0.29) is 5.41 Å². The molecule has 0 saturated carbocycles. The SMILES string of the molecule is CC1(C)c2ccccc2-c2c(-c3ccccc3)cc(N(c3ccccc3-c3ccccc3)c3cccc4oc5cc(-c6ccccc6)ccc5c34)cc21. The number of anilines is 3. The van der Waals surface area contributed by atoms with Crippen molar-refractivity contribution in [2.24, 2.45) is 0 Å². The van der Waals surface area contributed by atoms with Gasteiger partial charge in [-0.25, -0.2) is 0 Å². The first-order chi connectivity index (χ1) is 26.1. The molecule has 1 heterocycles. The lowest BCUT2D eigenvalue weighted by molar-refractivity contribution is 0.660. The molecule has 0 spiro atoms. The lowest BCUT2D eigenvalue weighted by Gasteiger charge is -2.31. The second kappa shape index (κ2) is 12.3. The fourth-order valence-electron chi connectivity index (χ4n) is 8.52. The standard InChI is InChI=1S/C51H37NO/c1-51(2)43-25-14-12-24-40(43)49-42(36-21-10-5-11-22-36)32-38(33-44(49)51)52(45-26-15-13-23-39(45)35-19-8-4-9-20-35)46-27-16-28-47-50(46)41-30-29-37(31-48(41)53-47)34-17-6-3-7-18-34/h3-33H,1-2H3. The molecule has 0 unspecified atom stereocenters. The van der Waals surface area contributed by atoms with Crippen molar-refractivity contribution in [2.45, 2.75) is 19.3 Å². The smallest absolute Gasteiger partial charge is 0.137 e. The monoisotopic (exact) mass is 679 g/mol. The van der Waals surface area contributed by atoms with E-state index in [1.165, 1.54) is 44.5 Å². The minimum absolute atomic E-state index is 0.196. The van der Waals surface area contributed by atoms with Gasteiger partial charge in [0, 0.05) is 22.1 Å². The second-order valence-electron chi connectivity index (χ2n) is 14.5. The van der Waals surface area contributed by atoms with Crippen molar-refractivity contribution in [1.82, 2.24) is 0 Å². The zero-order chi connectivity index (χ0) is 35.5. The van der Waals surface area contributed by atoms with Crippen molar-refractivity contribution >= 4 is 39.0 Å². The summed E-state index contributed by atoms with van der Waals surface area (Å²) in [5.74, 6) is 0. The van der Waals surface area contributed by atoms with E-state index >= 15 is 0 Å². The molecular weight excluding hydrogens is 643 g/mol. The number of benzene rings is 8. The van der Waals surface area contributed by atoms with Gasteiger partial charge in [-0.05, 0) is 92.5 Å². The van der Waals surface area contributed by atoms with Crippen molar-refractivity contribution < 1.29 is 4.42 Å². The maximum atomic E-state index is 6.71. The number of fused-ring (bicyclic) bond motifs is 6. The van der Waals surface area contributed by atoms with Gasteiger partial charge in [0.15, 0.2) is 0 Å². The van der Waals surface area contributed by atoms with Gasteiger partial charge in [0.05, 0.1) is 16.8 Å². The Morgan fingerprint density at radius 3 is 1.75 bits per heavy atom. The minimum Gasteiger partial charge on any atom is -0.456 e. The van der Waals surface area contributed by atoms with E-state index in [1.807, 2.05) is 0 Å². The summed E-state index contributed by atoms with van der Waals surface area (Å²) in [7, 11) is 0. The van der Waals surface area contributed by atoms with Gasteiger partial charge in [-0.2, -0.15) is 0 Å². The third-order valence-electron chi connectivity index (χ3n) is 11.1. The lowest BCUT2D eigenvalue weighted by atomic mass is 9.81. The van der Waals surface area contributed by atoms with Crippen LogP contribution in [0, 0.1) is 0 Å². The Kier molecular flexibility index (Phi) is 7.19. The molecule has 0 atom stereocenters. The maximum absolute atomic E-state index is 6.71. The Labute approximate surface area is 310 Å². The minimum atomic E-state index is -0.196. The van der Waals surface area contributed by atoms with Crippen LogP contribution in [-0.4, -0.2) is 0 Å². The first-order valence-electron chi connectivity index (χ1n) is 18.4. The maximum Gasteiger partial charge on any atom is 0.137 e.